The summed E-state index contributed by atoms with van der Waals surface area (Å²) in [7, 11) is -0.617. The third-order valence-electron chi connectivity index (χ3n) is 2.42. The van der Waals surface area contributed by atoms with Crippen LogP contribution < -0.4 is 0 Å². The SMILES string of the molecule is CC(=O)CC(C)N1CCS(=O)CC1. The lowest BCUT2D eigenvalue weighted by atomic mass is 10.1. The summed E-state index contributed by atoms with van der Waals surface area (Å²) >= 11 is 0. The average Bonchev–Trinajstić information content (AvgIpc) is 2.04. The van der Waals surface area contributed by atoms with Gasteiger partial charge >= 0.3 is 0 Å². The van der Waals surface area contributed by atoms with Crippen molar-refractivity contribution in [1.82, 2.24) is 4.90 Å². The minimum absolute atomic E-state index is 0.235. The van der Waals surface area contributed by atoms with Crippen LogP contribution in [0.15, 0.2) is 0 Å². The number of nitrogens with zero attached hydrogens (tertiary/aromatic N) is 1. The van der Waals surface area contributed by atoms with E-state index in [-0.39, 0.29) is 5.78 Å². The van der Waals surface area contributed by atoms with Gasteiger partial charge in [0.1, 0.15) is 5.78 Å². The molecule has 0 bridgehead atoms. The quantitative estimate of drug-likeness (QED) is 0.667. The average molecular weight is 203 g/mol. The van der Waals surface area contributed by atoms with Crippen molar-refractivity contribution >= 4 is 16.6 Å². The van der Waals surface area contributed by atoms with Gasteiger partial charge in [-0.3, -0.25) is 13.9 Å². The Morgan fingerprint density at radius 1 is 1.46 bits per heavy atom. The summed E-state index contributed by atoms with van der Waals surface area (Å²) in [5, 5.41) is 0. The molecule has 0 amide bonds. The Balaban J connectivity index is 2.35. The van der Waals surface area contributed by atoms with E-state index in [0.717, 1.165) is 24.6 Å². The third kappa shape index (κ3) is 3.56. The Morgan fingerprint density at radius 2 is 2.00 bits per heavy atom. The van der Waals surface area contributed by atoms with Crippen molar-refractivity contribution in [3.05, 3.63) is 0 Å². The summed E-state index contributed by atoms with van der Waals surface area (Å²) in [6.07, 6.45) is 0.618. The zero-order valence-electron chi connectivity index (χ0n) is 8.28. The molecule has 4 heteroatoms. The molecule has 0 spiro atoms. The maximum absolute atomic E-state index is 11.1. The van der Waals surface area contributed by atoms with Crippen LogP contribution in [0.1, 0.15) is 20.3 Å². The highest BCUT2D eigenvalue weighted by Crippen LogP contribution is 2.08. The third-order valence-corrected chi connectivity index (χ3v) is 3.69. The molecule has 1 aliphatic heterocycles. The number of carbonyl (C=O) groups is 1. The van der Waals surface area contributed by atoms with E-state index >= 15 is 0 Å². The molecular weight excluding hydrogens is 186 g/mol. The fourth-order valence-corrected chi connectivity index (χ4v) is 2.72. The van der Waals surface area contributed by atoms with E-state index in [9.17, 15) is 9.00 Å². The first-order valence-corrected chi connectivity index (χ1v) is 6.17. The van der Waals surface area contributed by atoms with Crippen LogP contribution in [0, 0.1) is 0 Å². The number of ketones is 1. The van der Waals surface area contributed by atoms with Crippen molar-refractivity contribution in [2.45, 2.75) is 26.3 Å². The molecule has 1 atom stereocenters. The maximum atomic E-state index is 11.1. The zero-order valence-corrected chi connectivity index (χ0v) is 9.10. The van der Waals surface area contributed by atoms with Crippen molar-refractivity contribution in [2.75, 3.05) is 24.6 Å². The van der Waals surface area contributed by atoms with Gasteiger partial charge in [0.05, 0.1) is 0 Å². The van der Waals surface area contributed by atoms with Gasteiger partial charge in [-0.15, -0.1) is 0 Å². The van der Waals surface area contributed by atoms with Crippen LogP contribution in [0.25, 0.3) is 0 Å². The molecule has 13 heavy (non-hydrogen) atoms. The van der Waals surface area contributed by atoms with E-state index in [0.29, 0.717) is 12.5 Å². The molecule has 1 saturated heterocycles. The number of hydrogen-bond acceptors (Lipinski definition) is 3. The standard InChI is InChI=1S/C9H17NO2S/c1-8(7-9(2)11)10-3-5-13(12)6-4-10/h8H,3-7H2,1-2H3. The lowest BCUT2D eigenvalue weighted by Gasteiger charge is -2.31. The first-order chi connectivity index (χ1) is 6.09. The Bertz CT molecular complexity index is 208. The van der Waals surface area contributed by atoms with E-state index in [1.165, 1.54) is 0 Å². The van der Waals surface area contributed by atoms with Crippen LogP contribution in [0.4, 0.5) is 0 Å². The van der Waals surface area contributed by atoms with Gasteiger partial charge in [0.15, 0.2) is 0 Å². The molecule has 0 aliphatic carbocycles. The highest BCUT2D eigenvalue weighted by Gasteiger charge is 2.20. The largest absolute Gasteiger partial charge is 0.300 e. The van der Waals surface area contributed by atoms with E-state index in [1.807, 2.05) is 0 Å². The molecule has 0 aromatic rings. The Kier molecular flexibility index (Phi) is 4.06. The minimum Gasteiger partial charge on any atom is -0.300 e. The molecule has 0 saturated carbocycles. The molecule has 1 aliphatic rings. The van der Waals surface area contributed by atoms with Crippen molar-refractivity contribution in [2.24, 2.45) is 0 Å². The molecule has 0 radical (unpaired) electrons. The van der Waals surface area contributed by atoms with Crippen LogP contribution in [0.2, 0.25) is 0 Å². The lowest BCUT2D eigenvalue weighted by Crippen LogP contribution is -2.43. The monoisotopic (exact) mass is 203 g/mol. The fourth-order valence-electron chi connectivity index (χ4n) is 1.64. The molecule has 0 aromatic carbocycles. The van der Waals surface area contributed by atoms with Crippen molar-refractivity contribution in [3.63, 3.8) is 0 Å². The summed E-state index contributed by atoms with van der Waals surface area (Å²) in [6.45, 7) is 5.44. The molecule has 1 heterocycles. The zero-order chi connectivity index (χ0) is 9.84. The predicted octanol–water partition coefficient (Wildman–Crippen LogP) is 0.418. The minimum atomic E-state index is -0.617. The van der Waals surface area contributed by atoms with Gasteiger partial charge in [0, 0.05) is 47.9 Å². The maximum Gasteiger partial charge on any atom is 0.131 e. The molecule has 76 valence electrons. The topological polar surface area (TPSA) is 37.4 Å². The van der Waals surface area contributed by atoms with Crippen molar-refractivity contribution in [1.29, 1.82) is 0 Å². The highest BCUT2D eigenvalue weighted by molar-refractivity contribution is 7.85. The Labute approximate surface area is 81.9 Å². The van der Waals surface area contributed by atoms with Crippen LogP contribution in [0.3, 0.4) is 0 Å². The second-order valence-electron chi connectivity index (χ2n) is 3.64. The van der Waals surface area contributed by atoms with Crippen molar-refractivity contribution < 1.29 is 9.00 Å². The van der Waals surface area contributed by atoms with E-state index < -0.39 is 10.8 Å². The smallest absolute Gasteiger partial charge is 0.131 e. The summed E-state index contributed by atoms with van der Waals surface area (Å²) in [6, 6.07) is 0.315. The first kappa shape index (κ1) is 10.9. The molecule has 1 unspecified atom stereocenters. The van der Waals surface area contributed by atoms with Crippen LogP contribution in [-0.4, -0.2) is 45.5 Å². The van der Waals surface area contributed by atoms with Gasteiger partial charge in [-0.1, -0.05) is 0 Å². The van der Waals surface area contributed by atoms with Gasteiger partial charge in [-0.25, -0.2) is 0 Å². The van der Waals surface area contributed by atoms with Crippen LogP contribution in [-0.2, 0) is 15.6 Å². The number of Topliss-reactive ketones (excluding diaryl/α,β-unsaturated/α-hetero) is 1. The highest BCUT2D eigenvalue weighted by atomic mass is 32.2. The molecule has 0 N–H and O–H groups in total. The van der Waals surface area contributed by atoms with E-state index in [1.54, 1.807) is 6.92 Å². The van der Waals surface area contributed by atoms with Crippen LogP contribution >= 0.6 is 0 Å². The predicted molar refractivity (Wildman–Crippen MR) is 54.2 cm³/mol. The second-order valence-corrected chi connectivity index (χ2v) is 5.34. The summed E-state index contributed by atoms with van der Waals surface area (Å²) in [4.78, 5) is 13.1. The molecule has 3 nitrogen and oxygen atoms in total. The first-order valence-electron chi connectivity index (χ1n) is 4.68. The van der Waals surface area contributed by atoms with Gasteiger partial charge in [0.25, 0.3) is 0 Å². The van der Waals surface area contributed by atoms with Crippen molar-refractivity contribution in [3.8, 4) is 0 Å². The number of carbonyl (C=O) groups excluding carboxylic acids is 1. The normalized spacial score (nSPS) is 22.9. The van der Waals surface area contributed by atoms with Gasteiger partial charge in [0.2, 0.25) is 0 Å². The number of hydrogen-bond donors (Lipinski definition) is 0. The number of rotatable bonds is 3. The van der Waals surface area contributed by atoms with E-state index in [4.69, 9.17) is 0 Å². The summed E-state index contributed by atoms with van der Waals surface area (Å²) < 4.78 is 11.1. The molecule has 1 fully saturated rings. The van der Waals surface area contributed by atoms with Gasteiger partial charge < -0.3 is 0 Å². The van der Waals surface area contributed by atoms with E-state index in [2.05, 4.69) is 11.8 Å². The second kappa shape index (κ2) is 4.86. The summed E-state index contributed by atoms with van der Waals surface area (Å²) in [5.41, 5.74) is 0. The van der Waals surface area contributed by atoms with Gasteiger partial charge in [-0.2, -0.15) is 0 Å². The molecular formula is C9H17NO2S. The summed E-state index contributed by atoms with van der Waals surface area (Å²) in [5.74, 6) is 1.77. The molecule has 1 rings (SSSR count). The Hall–Kier alpha value is -0.220. The van der Waals surface area contributed by atoms with Gasteiger partial charge in [-0.05, 0) is 13.8 Å². The fraction of sp³-hybridized carbons (Fsp3) is 0.889. The van der Waals surface area contributed by atoms with Crippen LogP contribution in [0.5, 0.6) is 0 Å². The lowest BCUT2D eigenvalue weighted by molar-refractivity contribution is -0.118. The molecule has 0 aromatic heterocycles. The Morgan fingerprint density at radius 3 is 2.46 bits per heavy atom.